The molecule has 0 radical (unpaired) electrons. The van der Waals surface area contributed by atoms with Crippen molar-refractivity contribution < 1.29 is 0 Å². The zero-order chi connectivity index (χ0) is 13.9. The molecule has 0 fully saturated rings. The number of anilines is 1. The van der Waals surface area contributed by atoms with E-state index in [0.29, 0.717) is 16.4 Å². The Morgan fingerprint density at radius 3 is 3.05 bits per heavy atom. The molecule has 0 bridgehead atoms. The van der Waals surface area contributed by atoms with Crippen molar-refractivity contribution in [2.75, 3.05) is 12.4 Å². The van der Waals surface area contributed by atoms with Gasteiger partial charge in [-0.05, 0) is 12.1 Å². The normalized spacial score (nSPS) is 10.9. The number of thioether (sulfide) groups is 1. The highest BCUT2D eigenvalue weighted by Crippen LogP contribution is 2.28. The Morgan fingerprint density at radius 1 is 1.30 bits per heavy atom. The fourth-order valence-corrected chi connectivity index (χ4v) is 2.87. The number of nitrogens with zero attached hydrogens (tertiary/aromatic N) is 4. The summed E-state index contributed by atoms with van der Waals surface area (Å²) in [4.78, 5) is 19.9. The summed E-state index contributed by atoms with van der Waals surface area (Å²) in [5.74, 6) is 1.42. The maximum absolute atomic E-state index is 6.16. The Bertz CT molecular complexity index is 744. The quantitative estimate of drug-likeness (QED) is 0.570. The van der Waals surface area contributed by atoms with Crippen LogP contribution in [0.5, 0.6) is 0 Å². The largest absolute Gasteiger partial charge is 0.373 e. The van der Waals surface area contributed by atoms with E-state index in [2.05, 4.69) is 30.2 Å². The van der Waals surface area contributed by atoms with Crippen molar-refractivity contribution in [2.45, 2.75) is 10.8 Å². The summed E-state index contributed by atoms with van der Waals surface area (Å²) < 4.78 is 0. The molecule has 0 aromatic carbocycles. The predicted octanol–water partition coefficient (Wildman–Crippen LogP) is 2.74. The topological polar surface area (TPSA) is 79.4 Å². The van der Waals surface area contributed by atoms with E-state index in [0.717, 1.165) is 22.1 Å². The maximum atomic E-state index is 6.16. The van der Waals surface area contributed by atoms with Gasteiger partial charge in [0.15, 0.2) is 5.65 Å². The average Bonchev–Trinajstić information content (AvgIpc) is 2.95. The third-order valence-electron chi connectivity index (χ3n) is 2.71. The summed E-state index contributed by atoms with van der Waals surface area (Å²) in [6.45, 7) is 0. The zero-order valence-electron chi connectivity index (χ0n) is 10.6. The molecule has 0 aliphatic rings. The van der Waals surface area contributed by atoms with Gasteiger partial charge in [-0.3, -0.25) is 0 Å². The molecule has 2 N–H and O–H groups in total. The minimum atomic E-state index is 0.624. The van der Waals surface area contributed by atoms with Crippen LogP contribution in [0.3, 0.4) is 0 Å². The monoisotopic (exact) mass is 306 g/mol. The van der Waals surface area contributed by atoms with E-state index in [4.69, 9.17) is 11.6 Å². The number of nitrogens with one attached hydrogen (secondary N) is 2. The average molecular weight is 307 g/mol. The molecule has 0 saturated heterocycles. The van der Waals surface area contributed by atoms with Gasteiger partial charge < -0.3 is 10.3 Å². The summed E-state index contributed by atoms with van der Waals surface area (Å²) >= 11 is 7.70. The van der Waals surface area contributed by atoms with Crippen molar-refractivity contribution in [1.29, 1.82) is 0 Å². The van der Waals surface area contributed by atoms with E-state index in [9.17, 15) is 0 Å². The first-order chi connectivity index (χ1) is 9.78. The molecule has 3 aromatic rings. The second-order valence-corrected chi connectivity index (χ2v) is 5.31. The Hall–Kier alpha value is -1.86. The summed E-state index contributed by atoms with van der Waals surface area (Å²) in [6, 6.07) is 3.68. The lowest BCUT2D eigenvalue weighted by atomic mass is 10.3. The minimum Gasteiger partial charge on any atom is -0.373 e. The number of H-pyrrole nitrogens is 1. The number of rotatable bonds is 4. The van der Waals surface area contributed by atoms with Gasteiger partial charge in [-0.25, -0.2) is 19.9 Å². The molecular weight excluding hydrogens is 296 g/mol. The van der Waals surface area contributed by atoms with Gasteiger partial charge in [-0.1, -0.05) is 23.4 Å². The van der Waals surface area contributed by atoms with Crippen LogP contribution in [-0.4, -0.2) is 32.0 Å². The Labute approximate surface area is 124 Å². The van der Waals surface area contributed by atoms with Gasteiger partial charge in [0.1, 0.15) is 22.7 Å². The lowest BCUT2D eigenvalue weighted by Gasteiger charge is -2.06. The van der Waals surface area contributed by atoms with Crippen molar-refractivity contribution in [2.24, 2.45) is 0 Å². The maximum Gasteiger partial charge on any atom is 0.181 e. The number of hydrogen-bond acceptors (Lipinski definition) is 6. The molecule has 0 aliphatic heterocycles. The molecule has 3 aromatic heterocycles. The summed E-state index contributed by atoms with van der Waals surface area (Å²) in [6.07, 6.45) is 3.11. The molecule has 0 atom stereocenters. The van der Waals surface area contributed by atoms with Gasteiger partial charge >= 0.3 is 0 Å². The lowest BCUT2D eigenvalue weighted by Crippen LogP contribution is -1.96. The van der Waals surface area contributed by atoms with Crippen LogP contribution in [0.15, 0.2) is 29.8 Å². The van der Waals surface area contributed by atoms with Crippen LogP contribution in [0.1, 0.15) is 5.69 Å². The summed E-state index contributed by atoms with van der Waals surface area (Å²) in [5, 5.41) is 4.48. The van der Waals surface area contributed by atoms with Crippen molar-refractivity contribution in [1.82, 2.24) is 24.9 Å². The SMILES string of the molecule is CNc1ccc(Cl)c(CSc2ncnc3nc[nH]c23)n1. The standard InChI is InChI=1S/C12H11ClN6S/c1-14-9-3-2-7(13)8(19-9)4-20-12-10-11(16-5-15-10)17-6-18-12/h2-3,5-6H,4H2,1H3,(H,14,19)(H,15,16,17,18). The van der Waals surface area contributed by atoms with Crippen LogP contribution >= 0.6 is 23.4 Å². The number of pyridine rings is 1. The van der Waals surface area contributed by atoms with Gasteiger partial charge in [0.2, 0.25) is 0 Å². The molecule has 3 rings (SSSR count). The second-order valence-electron chi connectivity index (χ2n) is 3.94. The van der Waals surface area contributed by atoms with E-state index in [1.54, 1.807) is 18.1 Å². The minimum absolute atomic E-state index is 0.624. The highest BCUT2D eigenvalue weighted by atomic mass is 35.5. The number of aromatic nitrogens is 5. The van der Waals surface area contributed by atoms with E-state index in [1.807, 2.05) is 19.2 Å². The smallest absolute Gasteiger partial charge is 0.181 e. The van der Waals surface area contributed by atoms with Crippen LogP contribution in [0, 0.1) is 0 Å². The molecule has 102 valence electrons. The zero-order valence-corrected chi connectivity index (χ0v) is 12.2. The van der Waals surface area contributed by atoms with E-state index in [-0.39, 0.29) is 0 Å². The molecular formula is C12H11ClN6S. The second kappa shape index (κ2) is 5.64. The summed E-state index contributed by atoms with van der Waals surface area (Å²) in [5.41, 5.74) is 2.30. The van der Waals surface area contributed by atoms with E-state index >= 15 is 0 Å². The van der Waals surface area contributed by atoms with Crippen LogP contribution in [0.25, 0.3) is 11.2 Å². The van der Waals surface area contributed by atoms with E-state index in [1.165, 1.54) is 6.33 Å². The van der Waals surface area contributed by atoms with Gasteiger partial charge in [0.25, 0.3) is 0 Å². The molecule has 20 heavy (non-hydrogen) atoms. The van der Waals surface area contributed by atoms with Crippen LogP contribution < -0.4 is 5.32 Å². The van der Waals surface area contributed by atoms with Crippen molar-refractivity contribution in [3.63, 3.8) is 0 Å². The van der Waals surface area contributed by atoms with Gasteiger partial charge in [0, 0.05) is 12.8 Å². The molecule has 0 spiro atoms. The Morgan fingerprint density at radius 2 is 2.20 bits per heavy atom. The van der Waals surface area contributed by atoms with Gasteiger partial charge in [-0.15, -0.1) is 0 Å². The molecule has 0 aliphatic carbocycles. The number of imidazole rings is 1. The first-order valence-corrected chi connectivity index (χ1v) is 7.24. The van der Waals surface area contributed by atoms with Crippen molar-refractivity contribution in [3.05, 3.63) is 35.5 Å². The highest BCUT2D eigenvalue weighted by Gasteiger charge is 2.09. The van der Waals surface area contributed by atoms with Crippen molar-refractivity contribution in [3.8, 4) is 0 Å². The lowest BCUT2D eigenvalue weighted by molar-refractivity contribution is 1.08. The van der Waals surface area contributed by atoms with Crippen LogP contribution in [-0.2, 0) is 5.75 Å². The number of hydrogen-bond donors (Lipinski definition) is 2. The third-order valence-corrected chi connectivity index (χ3v) is 4.05. The first kappa shape index (κ1) is 13.1. The molecule has 0 unspecified atom stereocenters. The molecule has 8 heteroatoms. The Balaban J connectivity index is 1.84. The predicted molar refractivity (Wildman–Crippen MR) is 80.0 cm³/mol. The number of halogens is 1. The van der Waals surface area contributed by atoms with E-state index < -0.39 is 0 Å². The highest BCUT2D eigenvalue weighted by molar-refractivity contribution is 7.98. The molecule has 0 saturated carbocycles. The van der Waals surface area contributed by atoms with Crippen LogP contribution in [0.2, 0.25) is 5.02 Å². The first-order valence-electron chi connectivity index (χ1n) is 5.88. The van der Waals surface area contributed by atoms with Crippen molar-refractivity contribution >= 4 is 40.3 Å². The molecule has 0 amide bonds. The molecule has 6 nitrogen and oxygen atoms in total. The van der Waals surface area contributed by atoms with Crippen LogP contribution in [0.4, 0.5) is 5.82 Å². The third kappa shape index (κ3) is 2.54. The van der Waals surface area contributed by atoms with Gasteiger partial charge in [-0.2, -0.15) is 0 Å². The number of aromatic amines is 1. The fourth-order valence-electron chi connectivity index (χ4n) is 1.71. The summed E-state index contributed by atoms with van der Waals surface area (Å²) in [7, 11) is 1.83. The Kier molecular flexibility index (Phi) is 3.70. The number of fused-ring (bicyclic) bond motifs is 1. The van der Waals surface area contributed by atoms with Gasteiger partial charge in [0.05, 0.1) is 17.0 Å². The fraction of sp³-hybridized carbons (Fsp3) is 0.167. The molecule has 3 heterocycles.